The third-order valence-corrected chi connectivity index (χ3v) is 2.92. The van der Waals surface area contributed by atoms with Crippen LogP contribution in [0.1, 0.15) is 35.9 Å². The third-order valence-electron chi connectivity index (χ3n) is 2.92. The van der Waals surface area contributed by atoms with Gasteiger partial charge in [-0.15, -0.1) is 0 Å². The van der Waals surface area contributed by atoms with Crippen LogP contribution in [-0.2, 0) is 4.79 Å². The van der Waals surface area contributed by atoms with Crippen LogP contribution in [0.4, 0.5) is 5.69 Å². The smallest absolute Gasteiger partial charge is 0.251 e. The Bertz CT molecular complexity index is 641. The molecule has 0 spiro atoms. The zero-order valence-electron chi connectivity index (χ0n) is 12.0. The first kappa shape index (κ1) is 14.7. The number of nitrogens with zero attached hydrogens (tertiary/aromatic N) is 1. The number of aromatic nitrogens is 1. The molecule has 21 heavy (non-hydrogen) atoms. The average Bonchev–Trinajstić information content (AvgIpc) is 2.47. The van der Waals surface area contributed by atoms with Gasteiger partial charge >= 0.3 is 0 Å². The van der Waals surface area contributed by atoms with Crippen LogP contribution in [0.3, 0.4) is 0 Å². The molecule has 0 saturated carbocycles. The van der Waals surface area contributed by atoms with Crippen LogP contribution in [-0.4, -0.2) is 16.8 Å². The van der Waals surface area contributed by atoms with Gasteiger partial charge in [-0.1, -0.05) is 12.1 Å². The Morgan fingerprint density at radius 1 is 1.14 bits per heavy atom. The number of carbonyl (C=O) groups is 2. The van der Waals surface area contributed by atoms with Crippen molar-refractivity contribution in [2.75, 3.05) is 5.32 Å². The molecule has 2 N–H and O–H groups in total. The number of benzene rings is 1. The van der Waals surface area contributed by atoms with E-state index >= 15 is 0 Å². The maximum Gasteiger partial charge on any atom is 0.251 e. The quantitative estimate of drug-likeness (QED) is 0.905. The zero-order valence-corrected chi connectivity index (χ0v) is 12.0. The van der Waals surface area contributed by atoms with Crippen LogP contribution >= 0.6 is 0 Å². The number of pyridine rings is 1. The van der Waals surface area contributed by atoms with Gasteiger partial charge in [0, 0.05) is 24.4 Å². The van der Waals surface area contributed by atoms with E-state index in [0.717, 1.165) is 5.69 Å². The summed E-state index contributed by atoms with van der Waals surface area (Å²) < 4.78 is 0. The van der Waals surface area contributed by atoms with Crippen molar-refractivity contribution in [2.24, 2.45) is 0 Å². The third kappa shape index (κ3) is 4.14. The van der Waals surface area contributed by atoms with Crippen LogP contribution in [0.15, 0.2) is 48.7 Å². The van der Waals surface area contributed by atoms with Crippen LogP contribution < -0.4 is 10.6 Å². The molecule has 0 unspecified atom stereocenters. The first-order valence-corrected chi connectivity index (χ1v) is 6.65. The van der Waals surface area contributed by atoms with Crippen LogP contribution in [0, 0.1) is 0 Å². The largest absolute Gasteiger partial charge is 0.344 e. The normalized spacial score (nSPS) is 11.5. The Morgan fingerprint density at radius 2 is 1.95 bits per heavy atom. The average molecular weight is 283 g/mol. The molecule has 1 aromatic carbocycles. The van der Waals surface area contributed by atoms with E-state index in [0.29, 0.717) is 11.3 Å². The summed E-state index contributed by atoms with van der Waals surface area (Å²) in [6, 6.07) is 12.2. The number of nitrogens with one attached hydrogen (secondary N) is 2. The molecule has 2 aromatic rings. The van der Waals surface area contributed by atoms with Gasteiger partial charge < -0.3 is 10.6 Å². The molecular weight excluding hydrogens is 266 g/mol. The molecule has 1 heterocycles. The summed E-state index contributed by atoms with van der Waals surface area (Å²) in [5.74, 6) is -0.380. The predicted octanol–water partition coefficient (Wildman–Crippen LogP) is 2.53. The second-order valence-corrected chi connectivity index (χ2v) is 4.71. The highest BCUT2D eigenvalue weighted by atomic mass is 16.2. The molecule has 2 rings (SSSR count). The van der Waals surface area contributed by atoms with Gasteiger partial charge in [0.15, 0.2) is 0 Å². The van der Waals surface area contributed by atoms with Gasteiger partial charge in [-0.3, -0.25) is 14.6 Å². The highest BCUT2D eigenvalue weighted by Crippen LogP contribution is 2.13. The molecule has 0 bridgehead atoms. The molecule has 5 heteroatoms. The van der Waals surface area contributed by atoms with Crippen molar-refractivity contribution in [3.8, 4) is 0 Å². The summed E-state index contributed by atoms with van der Waals surface area (Å²) in [7, 11) is 0. The lowest BCUT2D eigenvalue weighted by Gasteiger charge is -2.13. The van der Waals surface area contributed by atoms with E-state index < -0.39 is 0 Å². The number of anilines is 1. The molecule has 0 fully saturated rings. The Hall–Kier alpha value is -2.69. The lowest BCUT2D eigenvalue weighted by Crippen LogP contribution is -2.27. The number of hydrogen-bond donors (Lipinski definition) is 2. The second-order valence-electron chi connectivity index (χ2n) is 4.71. The summed E-state index contributed by atoms with van der Waals surface area (Å²) in [6.45, 7) is 3.30. The van der Waals surface area contributed by atoms with E-state index in [1.54, 1.807) is 30.5 Å². The molecule has 1 atom stereocenters. The molecule has 0 radical (unpaired) electrons. The van der Waals surface area contributed by atoms with Crippen LogP contribution in [0.2, 0.25) is 0 Å². The van der Waals surface area contributed by atoms with Gasteiger partial charge in [-0.05, 0) is 37.3 Å². The van der Waals surface area contributed by atoms with Crippen molar-refractivity contribution >= 4 is 17.5 Å². The minimum Gasteiger partial charge on any atom is -0.344 e. The minimum atomic E-state index is -0.208. The second kappa shape index (κ2) is 6.65. The van der Waals surface area contributed by atoms with Gasteiger partial charge in [0.05, 0.1) is 11.7 Å². The highest BCUT2D eigenvalue weighted by molar-refractivity contribution is 5.96. The highest BCUT2D eigenvalue weighted by Gasteiger charge is 2.12. The van der Waals surface area contributed by atoms with Gasteiger partial charge in [0.2, 0.25) is 5.91 Å². The van der Waals surface area contributed by atoms with E-state index in [4.69, 9.17) is 0 Å². The minimum absolute atomic E-state index is 0.172. The van der Waals surface area contributed by atoms with Gasteiger partial charge in [-0.25, -0.2) is 0 Å². The fourth-order valence-electron chi connectivity index (χ4n) is 1.93. The van der Waals surface area contributed by atoms with E-state index in [-0.39, 0.29) is 17.9 Å². The Balaban J connectivity index is 2.08. The van der Waals surface area contributed by atoms with E-state index in [1.807, 2.05) is 25.1 Å². The van der Waals surface area contributed by atoms with E-state index in [2.05, 4.69) is 15.6 Å². The van der Waals surface area contributed by atoms with E-state index in [1.165, 1.54) is 6.92 Å². The van der Waals surface area contributed by atoms with Crippen molar-refractivity contribution in [3.63, 3.8) is 0 Å². The molecule has 0 aliphatic rings. The van der Waals surface area contributed by atoms with Gasteiger partial charge in [0.1, 0.15) is 0 Å². The SMILES string of the molecule is CC(=O)Nc1cccc(C(=O)N[C@@H](C)c2ccccn2)c1. The number of carbonyl (C=O) groups excluding carboxylic acids is 2. The fraction of sp³-hybridized carbons (Fsp3) is 0.188. The van der Waals surface area contributed by atoms with Crippen molar-refractivity contribution in [1.82, 2.24) is 10.3 Å². The van der Waals surface area contributed by atoms with E-state index in [9.17, 15) is 9.59 Å². The van der Waals surface area contributed by atoms with Crippen molar-refractivity contribution in [3.05, 3.63) is 59.9 Å². The van der Waals surface area contributed by atoms with Gasteiger partial charge in [0.25, 0.3) is 5.91 Å². The van der Waals surface area contributed by atoms with Crippen LogP contribution in [0.5, 0.6) is 0 Å². The topological polar surface area (TPSA) is 71.1 Å². The maximum atomic E-state index is 12.2. The molecule has 0 saturated heterocycles. The first-order chi connectivity index (χ1) is 10.1. The molecule has 0 aliphatic heterocycles. The van der Waals surface area contributed by atoms with Crippen molar-refractivity contribution in [1.29, 1.82) is 0 Å². The predicted molar refractivity (Wildman–Crippen MR) is 80.9 cm³/mol. The van der Waals surface area contributed by atoms with Crippen molar-refractivity contribution in [2.45, 2.75) is 19.9 Å². The maximum absolute atomic E-state index is 12.2. The molecular formula is C16H17N3O2. The molecule has 2 amide bonds. The molecule has 5 nitrogen and oxygen atoms in total. The summed E-state index contributed by atoms with van der Waals surface area (Å²) >= 11 is 0. The van der Waals surface area contributed by atoms with Gasteiger partial charge in [-0.2, -0.15) is 0 Å². The number of rotatable bonds is 4. The number of amides is 2. The lowest BCUT2D eigenvalue weighted by molar-refractivity contribution is -0.114. The standard InChI is InChI=1S/C16H17N3O2/c1-11(15-8-3-4-9-17-15)18-16(21)13-6-5-7-14(10-13)19-12(2)20/h3-11H,1-2H3,(H,18,21)(H,19,20)/t11-/m0/s1. The monoisotopic (exact) mass is 283 g/mol. The summed E-state index contributed by atoms with van der Waals surface area (Å²) in [5.41, 5.74) is 1.88. The number of hydrogen-bond acceptors (Lipinski definition) is 3. The summed E-state index contributed by atoms with van der Waals surface area (Å²) in [5, 5.41) is 5.53. The summed E-state index contributed by atoms with van der Waals surface area (Å²) in [4.78, 5) is 27.5. The first-order valence-electron chi connectivity index (χ1n) is 6.65. The molecule has 108 valence electrons. The molecule has 1 aromatic heterocycles. The fourth-order valence-corrected chi connectivity index (χ4v) is 1.93. The Kier molecular flexibility index (Phi) is 4.66. The Labute approximate surface area is 123 Å². The molecule has 0 aliphatic carbocycles. The van der Waals surface area contributed by atoms with Crippen LogP contribution in [0.25, 0.3) is 0 Å². The lowest BCUT2D eigenvalue weighted by atomic mass is 10.1. The Morgan fingerprint density at radius 3 is 2.62 bits per heavy atom. The summed E-state index contributed by atoms with van der Waals surface area (Å²) in [6.07, 6.45) is 1.69. The zero-order chi connectivity index (χ0) is 15.2. The van der Waals surface area contributed by atoms with Crippen molar-refractivity contribution < 1.29 is 9.59 Å².